The molecule has 0 bridgehead atoms. The SMILES string of the molecule is BrCc1coc(C2CCCC2)n1. The third-order valence-corrected chi connectivity index (χ3v) is 2.99. The highest BCUT2D eigenvalue weighted by molar-refractivity contribution is 9.08. The molecule has 1 aromatic rings. The minimum atomic E-state index is 0.595. The van der Waals surface area contributed by atoms with Gasteiger partial charge in [-0.2, -0.15) is 0 Å². The van der Waals surface area contributed by atoms with Gasteiger partial charge in [-0.3, -0.25) is 0 Å². The third-order valence-electron chi connectivity index (χ3n) is 2.41. The molecule has 0 saturated heterocycles. The van der Waals surface area contributed by atoms with E-state index in [4.69, 9.17) is 4.42 Å². The third kappa shape index (κ3) is 1.56. The molecule has 0 aliphatic heterocycles. The molecular weight excluding hydrogens is 218 g/mol. The second-order valence-electron chi connectivity index (χ2n) is 3.29. The van der Waals surface area contributed by atoms with Gasteiger partial charge in [-0.25, -0.2) is 4.98 Å². The molecule has 66 valence electrons. The van der Waals surface area contributed by atoms with Gasteiger partial charge in [0.2, 0.25) is 0 Å². The van der Waals surface area contributed by atoms with Gasteiger partial charge in [0, 0.05) is 11.2 Å². The van der Waals surface area contributed by atoms with Crippen molar-refractivity contribution in [1.82, 2.24) is 4.98 Å². The molecule has 0 N–H and O–H groups in total. The summed E-state index contributed by atoms with van der Waals surface area (Å²) in [5.74, 6) is 1.54. The number of hydrogen-bond donors (Lipinski definition) is 0. The Morgan fingerprint density at radius 1 is 1.50 bits per heavy atom. The van der Waals surface area contributed by atoms with E-state index in [2.05, 4.69) is 20.9 Å². The molecule has 0 unspecified atom stereocenters. The van der Waals surface area contributed by atoms with Crippen LogP contribution in [0.25, 0.3) is 0 Å². The minimum Gasteiger partial charge on any atom is -0.448 e. The first-order valence-corrected chi connectivity index (χ1v) is 5.52. The van der Waals surface area contributed by atoms with E-state index in [1.54, 1.807) is 6.26 Å². The van der Waals surface area contributed by atoms with Crippen molar-refractivity contribution < 1.29 is 4.42 Å². The lowest BCUT2D eigenvalue weighted by Crippen LogP contribution is -1.92. The summed E-state index contributed by atoms with van der Waals surface area (Å²) in [4.78, 5) is 4.40. The molecule has 0 spiro atoms. The van der Waals surface area contributed by atoms with E-state index < -0.39 is 0 Å². The highest BCUT2D eigenvalue weighted by atomic mass is 79.9. The molecule has 0 radical (unpaired) electrons. The van der Waals surface area contributed by atoms with E-state index in [0.717, 1.165) is 16.9 Å². The van der Waals surface area contributed by atoms with Crippen LogP contribution in [0.3, 0.4) is 0 Å². The molecule has 1 heterocycles. The molecule has 0 amide bonds. The summed E-state index contributed by atoms with van der Waals surface area (Å²) in [5.41, 5.74) is 1.01. The highest BCUT2D eigenvalue weighted by Gasteiger charge is 2.21. The van der Waals surface area contributed by atoms with Crippen LogP contribution in [-0.2, 0) is 5.33 Å². The van der Waals surface area contributed by atoms with Crippen LogP contribution in [0.4, 0.5) is 0 Å². The lowest BCUT2D eigenvalue weighted by Gasteiger charge is -2.00. The number of oxazole rings is 1. The Kier molecular flexibility index (Phi) is 2.49. The Labute approximate surface area is 80.5 Å². The summed E-state index contributed by atoms with van der Waals surface area (Å²) in [6, 6.07) is 0. The minimum absolute atomic E-state index is 0.595. The number of halogens is 1. The summed E-state index contributed by atoms with van der Waals surface area (Å²) in [6.45, 7) is 0. The maximum Gasteiger partial charge on any atom is 0.197 e. The fraction of sp³-hybridized carbons (Fsp3) is 0.667. The lowest BCUT2D eigenvalue weighted by molar-refractivity contribution is 0.448. The molecule has 2 nitrogen and oxygen atoms in total. The summed E-state index contributed by atoms with van der Waals surface area (Å²) < 4.78 is 5.40. The number of hydrogen-bond acceptors (Lipinski definition) is 2. The van der Waals surface area contributed by atoms with Crippen molar-refractivity contribution in [3.63, 3.8) is 0 Å². The van der Waals surface area contributed by atoms with Crippen LogP contribution >= 0.6 is 15.9 Å². The van der Waals surface area contributed by atoms with Crippen LogP contribution in [-0.4, -0.2) is 4.98 Å². The second kappa shape index (κ2) is 3.60. The first-order chi connectivity index (χ1) is 5.90. The van der Waals surface area contributed by atoms with Crippen molar-refractivity contribution in [3.05, 3.63) is 17.8 Å². The zero-order chi connectivity index (χ0) is 8.39. The summed E-state index contributed by atoms with van der Waals surface area (Å²) >= 11 is 3.36. The summed E-state index contributed by atoms with van der Waals surface area (Å²) in [7, 11) is 0. The van der Waals surface area contributed by atoms with E-state index in [1.165, 1.54) is 25.7 Å². The average Bonchev–Trinajstić information content (AvgIpc) is 2.75. The first kappa shape index (κ1) is 8.30. The van der Waals surface area contributed by atoms with E-state index in [0.29, 0.717) is 5.92 Å². The average molecular weight is 230 g/mol. The van der Waals surface area contributed by atoms with E-state index >= 15 is 0 Å². The predicted molar refractivity (Wildman–Crippen MR) is 50.3 cm³/mol. The molecule has 1 saturated carbocycles. The van der Waals surface area contributed by atoms with Crippen LogP contribution in [0.1, 0.15) is 43.2 Å². The first-order valence-electron chi connectivity index (χ1n) is 4.40. The summed E-state index contributed by atoms with van der Waals surface area (Å²) in [5, 5.41) is 0.795. The molecule has 2 rings (SSSR count). The van der Waals surface area contributed by atoms with Crippen molar-refractivity contribution in [2.24, 2.45) is 0 Å². The zero-order valence-electron chi connectivity index (χ0n) is 6.92. The Hall–Kier alpha value is -0.310. The quantitative estimate of drug-likeness (QED) is 0.729. The van der Waals surface area contributed by atoms with Gasteiger partial charge in [0.05, 0.1) is 5.69 Å². The highest BCUT2D eigenvalue weighted by Crippen LogP contribution is 2.33. The van der Waals surface area contributed by atoms with Gasteiger partial charge in [0.25, 0.3) is 0 Å². The van der Waals surface area contributed by atoms with Crippen molar-refractivity contribution in [2.75, 3.05) is 0 Å². The van der Waals surface area contributed by atoms with E-state index in [1.807, 2.05) is 0 Å². The molecule has 0 aromatic carbocycles. The Balaban J connectivity index is 2.11. The standard InChI is InChI=1S/C9H12BrNO/c10-5-8-6-12-9(11-8)7-3-1-2-4-7/h6-7H,1-5H2. The molecule has 3 heteroatoms. The maximum absolute atomic E-state index is 5.40. The van der Waals surface area contributed by atoms with Crippen LogP contribution in [0.5, 0.6) is 0 Å². The molecule has 0 atom stereocenters. The number of rotatable bonds is 2. The lowest BCUT2D eigenvalue weighted by atomic mass is 10.1. The van der Waals surface area contributed by atoms with Crippen LogP contribution in [0, 0.1) is 0 Å². The van der Waals surface area contributed by atoms with Crippen molar-refractivity contribution in [3.8, 4) is 0 Å². The Bertz CT molecular complexity index is 253. The van der Waals surface area contributed by atoms with E-state index in [-0.39, 0.29) is 0 Å². The number of nitrogens with zero attached hydrogens (tertiary/aromatic N) is 1. The van der Waals surface area contributed by atoms with Gasteiger partial charge < -0.3 is 4.42 Å². The van der Waals surface area contributed by atoms with Gasteiger partial charge in [-0.05, 0) is 12.8 Å². The van der Waals surface area contributed by atoms with Gasteiger partial charge >= 0.3 is 0 Å². The molecule has 1 aliphatic rings. The Morgan fingerprint density at radius 3 is 2.83 bits per heavy atom. The van der Waals surface area contributed by atoms with Gasteiger partial charge in [0.1, 0.15) is 6.26 Å². The van der Waals surface area contributed by atoms with E-state index in [9.17, 15) is 0 Å². The number of aromatic nitrogens is 1. The smallest absolute Gasteiger partial charge is 0.197 e. The Morgan fingerprint density at radius 2 is 2.25 bits per heavy atom. The maximum atomic E-state index is 5.40. The van der Waals surface area contributed by atoms with Crippen LogP contribution in [0.15, 0.2) is 10.7 Å². The largest absolute Gasteiger partial charge is 0.448 e. The van der Waals surface area contributed by atoms with Crippen molar-refractivity contribution in [2.45, 2.75) is 36.9 Å². The molecule has 1 fully saturated rings. The zero-order valence-corrected chi connectivity index (χ0v) is 8.51. The van der Waals surface area contributed by atoms with Crippen LogP contribution < -0.4 is 0 Å². The van der Waals surface area contributed by atoms with Crippen molar-refractivity contribution in [1.29, 1.82) is 0 Å². The fourth-order valence-corrected chi connectivity index (χ4v) is 2.00. The normalized spacial score (nSPS) is 18.8. The molecule has 1 aliphatic carbocycles. The molecule has 12 heavy (non-hydrogen) atoms. The summed E-state index contributed by atoms with van der Waals surface area (Å²) in [6.07, 6.45) is 6.92. The molecule has 1 aromatic heterocycles. The predicted octanol–water partition coefficient (Wildman–Crippen LogP) is 3.23. The second-order valence-corrected chi connectivity index (χ2v) is 3.85. The van der Waals surface area contributed by atoms with Gasteiger partial charge in [0.15, 0.2) is 5.89 Å². The fourth-order valence-electron chi connectivity index (χ4n) is 1.74. The monoisotopic (exact) mass is 229 g/mol. The van der Waals surface area contributed by atoms with Crippen LogP contribution in [0.2, 0.25) is 0 Å². The van der Waals surface area contributed by atoms with Gasteiger partial charge in [-0.1, -0.05) is 28.8 Å². The molecular formula is C9H12BrNO. The number of alkyl halides is 1. The topological polar surface area (TPSA) is 26.0 Å². The van der Waals surface area contributed by atoms with Gasteiger partial charge in [-0.15, -0.1) is 0 Å². The van der Waals surface area contributed by atoms with Crippen molar-refractivity contribution >= 4 is 15.9 Å².